The summed E-state index contributed by atoms with van der Waals surface area (Å²) >= 11 is 2.04. The molecule has 0 bridgehead atoms. The number of hydrogen-bond acceptors (Lipinski definition) is 3. The van der Waals surface area contributed by atoms with Gasteiger partial charge in [-0.15, -0.1) is 0 Å². The van der Waals surface area contributed by atoms with E-state index in [1.54, 1.807) is 0 Å². The van der Waals surface area contributed by atoms with Gasteiger partial charge in [-0.3, -0.25) is 0 Å². The Bertz CT molecular complexity index is 137. The van der Waals surface area contributed by atoms with Gasteiger partial charge >= 0.3 is 0 Å². The minimum Gasteiger partial charge on any atom is -0.381 e. The largest absolute Gasteiger partial charge is 0.381 e. The zero-order valence-corrected chi connectivity index (χ0v) is 10.2. The van der Waals surface area contributed by atoms with Gasteiger partial charge in [0.05, 0.1) is 0 Å². The van der Waals surface area contributed by atoms with Crippen LogP contribution < -0.4 is 5.32 Å². The Hall–Kier alpha value is 0.270. The molecule has 1 unspecified atom stereocenters. The maximum Gasteiger partial charge on any atom is 0.0468 e. The van der Waals surface area contributed by atoms with Gasteiger partial charge in [-0.1, -0.05) is 6.92 Å². The number of rotatable bonds is 6. The highest BCUT2D eigenvalue weighted by Gasteiger charge is 2.17. The molecular formula is C11H23NOS. The molecule has 1 atom stereocenters. The molecule has 84 valence electrons. The summed E-state index contributed by atoms with van der Waals surface area (Å²) < 4.78 is 5.37. The van der Waals surface area contributed by atoms with Gasteiger partial charge in [0, 0.05) is 25.0 Å². The minimum atomic E-state index is 0.697. The third-order valence-corrected chi connectivity index (χ3v) is 3.94. The highest BCUT2D eigenvalue weighted by molar-refractivity contribution is 7.99. The standard InChI is InChI=1S/C11H23NOS/c1-3-14-9-11(12-2)8-10-4-6-13-7-5-10/h10-12H,3-9H2,1-2H3. The number of thioether (sulfide) groups is 1. The van der Waals surface area contributed by atoms with Crippen LogP contribution in [0.5, 0.6) is 0 Å². The van der Waals surface area contributed by atoms with Gasteiger partial charge in [-0.05, 0) is 38.0 Å². The van der Waals surface area contributed by atoms with Crippen molar-refractivity contribution < 1.29 is 4.74 Å². The lowest BCUT2D eigenvalue weighted by atomic mass is 9.93. The molecule has 1 heterocycles. The first-order chi connectivity index (χ1) is 6.86. The van der Waals surface area contributed by atoms with Crippen LogP contribution in [0.4, 0.5) is 0 Å². The first-order valence-electron chi connectivity index (χ1n) is 5.69. The third-order valence-electron chi connectivity index (χ3n) is 2.89. The van der Waals surface area contributed by atoms with Crippen molar-refractivity contribution in [2.75, 3.05) is 31.8 Å². The second kappa shape index (κ2) is 7.55. The van der Waals surface area contributed by atoms with Gasteiger partial charge in [0.2, 0.25) is 0 Å². The highest BCUT2D eigenvalue weighted by atomic mass is 32.2. The van der Waals surface area contributed by atoms with E-state index in [0.29, 0.717) is 6.04 Å². The van der Waals surface area contributed by atoms with E-state index < -0.39 is 0 Å². The van der Waals surface area contributed by atoms with Gasteiger partial charge in [0.15, 0.2) is 0 Å². The first kappa shape index (κ1) is 12.3. The van der Waals surface area contributed by atoms with Crippen LogP contribution >= 0.6 is 11.8 Å². The van der Waals surface area contributed by atoms with Crippen LogP contribution in [0, 0.1) is 5.92 Å². The molecule has 0 aliphatic carbocycles. The van der Waals surface area contributed by atoms with Crippen molar-refractivity contribution in [3.8, 4) is 0 Å². The van der Waals surface area contributed by atoms with Crippen molar-refractivity contribution in [3.63, 3.8) is 0 Å². The second-order valence-corrected chi connectivity index (χ2v) is 5.26. The molecule has 0 amide bonds. The summed E-state index contributed by atoms with van der Waals surface area (Å²) in [5.74, 6) is 3.37. The molecule has 0 radical (unpaired) electrons. The van der Waals surface area contributed by atoms with Crippen LogP contribution in [-0.4, -0.2) is 37.8 Å². The van der Waals surface area contributed by atoms with Crippen molar-refractivity contribution >= 4 is 11.8 Å². The number of ether oxygens (including phenoxy) is 1. The Morgan fingerprint density at radius 2 is 2.14 bits per heavy atom. The Balaban J connectivity index is 2.16. The maximum absolute atomic E-state index is 5.37. The van der Waals surface area contributed by atoms with E-state index >= 15 is 0 Å². The SMILES string of the molecule is CCSCC(CC1CCOCC1)NC. The van der Waals surface area contributed by atoms with Crippen molar-refractivity contribution in [2.24, 2.45) is 5.92 Å². The lowest BCUT2D eigenvalue weighted by Gasteiger charge is -2.26. The third kappa shape index (κ3) is 4.67. The summed E-state index contributed by atoms with van der Waals surface area (Å²) in [6.45, 7) is 4.18. The summed E-state index contributed by atoms with van der Waals surface area (Å²) in [6.07, 6.45) is 3.84. The minimum absolute atomic E-state index is 0.697. The predicted octanol–water partition coefficient (Wildman–Crippen LogP) is 2.14. The van der Waals surface area contributed by atoms with E-state index in [1.807, 2.05) is 11.8 Å². The van der Waals surface area contributed by atoms with Crippen LogP contribution in [0.15, 0.2) is 0 Å². The van der Waals surface area contributed by atoms with E-state index in [0.717, 1.165) is 19.1 Å². The molecule has 3 heteroatoms. The summed E-state index contributed by atoms with van der Waals surface area (Å²) in [5.41, 5.74) is 0. The van der Waals surface area contributed by atoms with Crippen LogP contribution in [-0.2, 0) is 4.74 Å². The van der Waals surface area contributed by atoms with Crippen molar-refractivity contribution in [1.82, 2.24) is 5.32 Å². The van der Waals surface area contributed by atoms with Gasteiger partial charge < -0.3 is 10.1 Å². The van der Waals surface area contributed by atoms with Crippen LogP contribution in [0.25, 0.3) is 0 Å². The number of nitrogens with one attached hydrogen (secondary N) is 1. The summed E-state index contributed by atoms with van der Waals surface area (Å²) in [6, 6.07) is 0.697. The highest BCUT2D eigenvalue weighted by Crippen LogP contribution is 2.21. The fourth-order valence-corrected chi connectivity index (χ4v) is 2.74. The van der Waals surface area contributed by atoms with Gasteiger partial charge in [-0.25, -0.2) is 0 Å². The molecular weight excluding hydrogens is 194 g/mol. The Labute approximate surface area is 92.2 Å². The quantitative estimate of drug-likeness (QED) is 0.736. The fraction of sp³-hybridized carbons (Fsp3) is 1.00. The van der Waals surface area contributed by atoms with Crippen LogP contribution in [0.1, 0.15) is 26.2 Å². The average Bonchev–Trinajstić information content (AvgIpc) is 2.25. The van der Waals surface area contributed by atoms with E-state index in [4.69, 9.17) is 4.74 Å². The fourth-order valence-electron chi connectivity index (χ4n) is 1.91. The molecule has 14 heavy (non-hydrogen) atoms. The molecule has 2 nitrogen and oxygen atoms in total. The van der Waals surface area contributed by atoms with Gasteiger partial charge in [0.1, 0.15) is 0 Å². The van der Waals surface area contributed by atoms with E-state index in [2.05, 4.69) is 19.3 Å². The molecule has 1 aliphatic rings. The lowest BCUT2D eigenvalue weighted by Crippen LogP contribution is -2.32. The smallest absolute Gasteiger partial charge is 0.0468 e. The molecule has 1 aliphatic heterocycles. The number of hydrogen-bond donors (Lipinski definition) is 1. The summed E-state index contributed by atoms with van der Waals surface area (Å²) in [5, 5.41) is 3.42. The first-order valence-corrected chi connectivity index (χ1v) is 6.85. The molecule has 0 spiro atoms. The molecule has 0 aromatic rings. The van der Waals surface area contributed by atoms with Crippen LogP contribution in [0.2, 0.25) is 0 Å². The Morgan fingerprint density at radius 3 is 2.71 bits per heavy atom. The average molecular weight is 217 g/mol. The molecule has 1 fully saturated rings. The molecule has 0 aromatic heterocycles. The van der Waals surface area contributed by atoms with Crippen LogP contribution in [0.3, 0.4) is 0 Å². The second-order valence-electron chi connectivity index (χ2n) is 3.94. The van der Waals surface area contributed by atoms with E-state index in [1.165, 1.54) is 30.8 Å². The van der Waals surface area contributed by atoms with Crippen molar-refractivity contribution in [2.45, 2.75) is 32.2 Å². The molecule has 1 N–H and O–H groups in total. The molecule has 0 saturated carbocycles. The normalized spacial score (nSPS) is 21.0. The maximum atomic E-state index is 5.37. The Morgan fingerprint density at radius 1 is 1.43 bits per heavy atom. The Kier molecular flexibility index (Phi) is 6.65. The van der Waals surface area contributed by atoms with E-state index in [9.17, 15) is 0 Å². The molecule has 1 saturated heterocycles. The van der Waals surface area contributed by atoms with Gasteiger partial charge in [0.25, 0.3) is 0 Å². The monoisotopic (exact) mass is 217 g/mol. The van der Waals surface area contributed by atoms with Crippen molar-refractivity contribution in [1.29, 1.82) is 0 Å². The van der Waals surface area contributed by atoms with Crippen molar-refractivity contribution in [3.05, 3.63) is 0 Å². The summed E-state index contributed by atoms with van der Waals surface area (Å²) in [4.78, 5) is 0. The van der Waals surface area contributed by atoms with E-state index in [-0.39, 0.29) is 0 Å². The predicted molar refractivity (Wildman–Crippen MR) is 64.0 cm³/mol. The summed E-state index contributed by atoms with van der Waals surface area (Å²) in [7, 11) is 2.08. The lowest BCUT2D eigenvalue weighted by molar-refractivity contribution is 0.0616. The molecule has 1 rings (SSSR count). The van der Waals surface area contributed by atoms with Gasteiger partial charge in [-0.2, -0.15) is 11.8 Å². The zero-order valence-electron chi connectivity index (χ0n) is 9.42. The topological polar surface area (TPSA) is 21.3 Å². The molecule has 0 aromatic carbocycles. The zero-order chi connectivity index (χ0) is 10.2.